The number of pyridine rings is 2. The molecule has 1 atom stereocenters. The molecule has 4 aromatic heterocycles. The Kier molecular flexibility index (Phi) is 4.72. The predicted molar refractivity (Wildman–Crippen MR) is 126 cm³/mol. The average molecular weight is 447 g/mol. The Labute approximate surface area is 191 Å². The lowest BCUT2D eigenvalue weighted by atomic mass is 9.89. The maximum Gasteiger partial charge on any atom is 0.258 e. The minimum atomic E-state index is -0.437. The molecule has 0 amide bonds. The third-order valence-corrected chi connectivity index (χ3v) is 7.15. The van der Waals surface area contributed by atoms with Gasteiger partial charge in [0.15, 0.2) is 11.5 Å². The van der Waals surface area contributed by atoms with E-state index in [-0.39, 0.29) is 11.2 Å². The first-order valence-corrected chi connectivity index (χ1v) is 11.7. The van der Waals surface area contributed by atoms with E-state index >= 15 is 0 Å². The number of hydrogen-bond acceptors (Lipinski definition) is 5. The highest BCUT2D eigenvalue weighted by Crippen LogP contribution is 2.29. The van der Waals surface area contributed by atoms with Crippen molar-refractivity contribution in [2.75, 3.05) is 24.5 Å². The lowest BCUT2D eigenvalue weighted by molar-refractivity contribution is 0.0775. The number of nitrogens with zero attached hydrogens (tertiary/aromatic N) is 6. The van der Waals surface area contributed by atoms with Crippen molar-refractivity contribution >= 4 is 17.0 Å². The van der Waals surface area contributed by atoms with Crippen molar-refractivity contribution in [3.8, 4) is 11.3 Å². The van der Waals surface area contributed by atoms with Gasteiger partial charge in [-0.15, -0.1) is 0 Å². The van der Waals surface area contributed by atoms with E-state index in [0.29, 0.717) is 22.9 Å². The minimum absolute atomic E-state index is 0.180. The Morgan fingerprint density at radius 3 is 2.67 bits per heavy atom. The van der Waals surface area contributed by atoms with Gasteiger partial charge in [-0.1, -0.05) is 6.42 Å². The molecule has 7 nitrogen and oxygen atoms in total. The van der Waals surface area contributed by atoms with Crippen LogP contribution in [0.4, 0.5) is 10.1 Å². The number of halogens is 1. The first kappa shape index (κ1) is 20.4. The monoisotopic (exact) mass is 446 g/mol. The molecule has 1 saturated carbocycles. The molecule has 4 aromatic rings. The second-order valence-electron chi connectivity index (χ2n) is 9.40. The van der Waals surface area contributed by atoms with E-state index in [1.807, 2.05) is 25.3 Å². The van der Waals surface area contributed by atoms with Crippen LogP contribution < -0.4 is 10.5 Å². The van der Waals surface area contributed by atoms with Gasteiger partial charge in [0.05, 0.1) is 17.1 Å². The molecule has 8 heteroatoms. The summed E-state index contributed by atoms with van der Waals surface area (Å²) in [4.78, 5) is 26.8. The van der Waals surface area contributed by atoms with E-state index in [4.69, 9.17) is 0 Å². The number of imidazole rings is 1. The molecule has 2 aliphatic rings. The van der Waals surface area contributed by atoms with Crippen LogP contribution >= 0.6 is 0 Å². The van der Waals surface area contributed by atoms with Crippen molar-refractivity contribution in [1.29, 1.82) is 0 Å². The molecular weight excluding hydrogens is 419 g/mol. The van der Waals surface area contributed by atoms with Gasteiger partial charge in [-0.2, -0.15) is 0 Å². The summed E-state index contributed by atoms with van der Waals surface area (Å²) in [5.41, 5.74) is 3.38. The fourth-order valence-electron chi connectivity index (χ4n) is 5.21. The number of aromatic nitrogens is 4. The molecule has 0 radical (unpaired) electrons. The summed E-state index contributed by atoms with van der Waals surface area (Å²) in [5.74, 6) is -0.437. The zero-order valence-electron chi connectivity index (χ0n) is 18.9. The molecule has 1 aliphatic carbocycles. The number of fused-ring (bicyclic) bond motifs is 2. The molecule has 0 spiro atoms. The van der Waals surface area contributed by atoms with Crippen LogP contribution in [0.5, 0.6) is 0 Å². The first-order valence-electron chi connectivity index (χ1n) is 11.7. The van der Waals surface area contributed by atoms with Crippen molar-refractivity contribution in [3.05, 3.63) is 64.7 Å². The minimum Gasteiger partial charge on any atom is -0.367 e. The molecule has 0 bridgehead atoms. The van der Waals surface area contributed by atoms with Crippen LogP contribution in [0.2, 0.25) is 0 Å². The summed E-state index contributed by atoms with van der Waals surface area (Å²) < 4.78 is 17.8. The number of anilines is 1. The van der Waals surface area contributed by atoms with E-state index in [2.05, 4.69) is 26.7 Å². The van der Waals surface area contributed by atoms with Gasteiger partial charge in [-0.25, -0.2) is 14.4 Å². The summed E-state index contributed by atoms with van der Waals surface area (Å²) in [6, 6.07) is 8.00. The largest absolute Gasteiger partial charge is 0.367 e. The Morgan fingerprint density at radius 2 is 1.91 bits per heavy atom. The second-order valence-corrected chi connectivity index (χ2v) is 9.40. The lowest BCUT2D eigenvalue weighted by Gasteiger charge is -2.47. The maximum atomic E-state index is 14.6. The van der Waals surface area contributed by atoms with Crippen LogP contribution in [-0.2, 0) is 0 Å². The zero-order valence-corrected chi connectivity index (χ0v) is 18.9. The van der Waals surface area contributed by atoms with E-state index in [1.54, 1.807) is 21.2 Å². The summed E-state index contributed by atoms with van der Waals surface area (Å²) in [6.45, 7) is 7.07. The Hall–Kier alpha value is -3.26. The van der Waals surface area contributed by atoms with Gasteiger partial charge in [0.2, 0.25) is 0 Å². The number of rotatable bonds is 3. The van der Waals surface area contributed by atoms with Crippen LogP contribution in [0.15, 0.2) is 47.7 Å². The number of hydrogen-bond donors (Lipinski definition) is 0. The normalized spacial score (nSPS) is 20.0. The van der Waals surface area contributed by atoms with Crippen LogP contribution in [0.25, 0.3) is 22.6 Å². The Morgan fingerprint density at radius 1 is 1.06 bits per heavy atom. The van der Waals surface area contributed by atoms with E-state index in [1.165, 1.54) is 31.4 Å². The fraction of sp³-hybridized carbons (Fsp3) is 0.400. The molecule has 170 valence electrons. The van der Waals surface area contributed by atoms with Crippen molar-refractivity contribution in [2.45, 2.75) is 45.2 Å². The molecule has 0 unspecified atom stereocenters. The third-order valence-electron chi connectivity index (χ3n) is 7.15. The summed E-state index contributed by atoms with van der Waals surface area (Å²) >= 11 is 0. The molecule has 2 fully saturated rings. The molecule has 0 aromatic carbocycles. The third kappa shape index (κ3) is 3.49. The highest BCUT2D eigenvalue weighted by Gasteiger charge is 2.32. The van der Waals surface area contributed by atoms with Gasteiger partial charge in [0.1, 0.15) is 5.65 Å². The highest BCUT2D eigenvalue weighted by molar-refractivity contribution is 5.64. The number of aryl methyl sites for hydroxylation is 1. The van der Waals surface area contributed by atoms with Gasteiger partial charge in [0, 0.05) is 61.9 Å². The summed E-state index contributed by atoms with van der Waals surface area (Å²) in [5, 5.41) is 0. The predicted octanol–water partition coefficient (Wildman–Crippen LogP) is 3.52. The quantitative estimate of drug-likeness (QED) is 0.482. The van der Waals surface area contributed by atoms with E-state index < -0.39 is 5.82 Å². The second kappa shape index (κ2) is 7.66. The standard InChI is InChI=1S/C25H27FN6O/c1-16-12-30-14-18(10-21(26)25(30)27-16)22-11-24(33)32-15-20(6-7-23(32)28-22)29-8-9-31(17(2)13-29)19-4-3-5-19/h6-7,10-12,14-15,17,19H,3-5,8-9,13H2,1-2H3/t17-/m0/s1. The summed E-state index contributed by atoms with van der Waals surface area (Å²) in [7, 11) is 0. The average Bonchev–Trinajstić information content (AvgIpc) is 3.14. The fourth-order valence-corrected chi connectivity index (χ4v) is 5.21. The van der Waals surface area contributed by atoms with Gasteiger partial charge in [-0.3, -0.25) is 14.1 Å². The zero-order chi connectivity index (χ0) is 22.7. The van der Waals surface area contributed by atoms with Crippen LogP contribution in [0.1, 0.15) is 31.9 Å². The molecule has 5 heterocycles. The van der Waals surface area contributed by atoms with Crippen LogP contribution in [-0.4, -0.2) is 55.4 Å². The van der Waals surface area contributed by atoms with Crippen LogP contribution in [0, 0.1) is 12.7 Å². The van der Waals surface area contributed by atoms with Gasteiger partial charge in [0.25, 0.3) is 5.56 Å². The van der Waals surface area contributed by atoms with Crippen LogP contribution in [0.3, 0.4) is 0 Å². The molecule has 6 rings (SSSR count). The molecule has 1 saturated heterocycles. The Bertz CT molecular complexity index is 1420. The maximum absolute atomic E-state index is 14.6. The molecule has 0 N–H and O–H groups in total. The Balaban J connectivity index is 1.32. The van der Waals surface area contributed by atoms with Crippen molar-refractivity contribution in [2.24, 2.45) is 0 Å². The summed E-state index contributed by atoms with van der Waals surface area (Å²) in [6.07, 6.45) is 9.38. The first-order chi connectivity index (χ1) is 16.0. The van der Waals surface area contributed by atoms with Crippen molar-refractivity contribution < 1.29 is 4.39 Å². The van der Waals surface area contributed by atoms with E-state index in [0.717, 1.165) is 37.1 Å². The molecular formula is C25H27FN6O. The van der Waals surface area contributed by atoms with Crippen molar-refractivity contribution in [3.63, 3.8) is 0 Å². The number of piperazine rings is 1. The molecule has 33 heavy (non-hydrogen) atoms. The van der Waals surface area contributed by atoms with Crippen molar-refractivity contribution in [1.82, 2.24) is 23.7 Å². The smallest absolute Gasteiger partial charge is 0.258 e. The van der Waals surface area contributed by atoms with Gasteiger partial charge in [-0.05, 0) is 44.9 Å². The highest BCUT2D eigenvalue weighted by atomic mass is 19.1. The molecule has 1 aliphatic heterocycles. The van der Waals surface area contributed by atoms with E-state index in [9.17, 15) is 9.18 Å². The van der Waals surface area contributed by atoms with Gasteiger partial charge >= 0.3 is 0 Å². The topological polar surface area (TPSA) is 58.2 Å². The SMILES string of the molecule is Cc1cn2cc(-c3cc(=O)n4cc(N5CCN(C6CCC6)[C@@H](C)C5)ccc4n3)cc(F)c2n1. The van der Waals surface area contributed by atoms with Gasteiger partial charge < -0.3 is 9.30 Å². The lowest BCUT2D eigenvalue weighted by Crippen LogP contribution is -2.57.